The molecular formula is C19H27N5O3. The number of hydrogen-bond donors (Lipinski definition) is 4. The zero-order chi connectivity index (χ0) is 19.9. The maximum absolute atomic E-state index is 13.1. The Morgan fingerprint density at radius 3 is 2.74 bits per heavy atom. The standard InChI is InChI=1S/C19H27N5O3/c1-10(2)23-17(25)19(7-13-11(3)8-24(13)18(19)26)9-27-14-6-4-5-12(20)15(14)16(21)22/h4-6,10-11,13H,7-9,20H2,1-3H3,(H3,21,22)(H,23,25). The highest BCUT2D eigenvalue weighted by Crippen LogP contribution is 2.45. The van der Waals surface area contributed by atoms with Crippen LogP contribution in [0, 0.1) is 16.7 Å². The molecule has 0 aromatic heterocycles. The Kier molecular flexibility index (Phi) is 4.75. The molecule has 0 spiro atoms. The van der Waals surface area contributed by atoms with Gasteiger partial charge in [0.15, 0.2) is 5.41 Å². The topological polar surface area (TPSA) is 135 Å². The van der Waals surface area contributed by atoms with Gasteiger partial charge in [-0.25, -0.2) is 0 Å². The number of nitrogen functional groups attached to an aromatic ring is 2. The van der Waals surface area contributed by atoms with Gasteiger partial charge in [-0.05, 0) is 38.3 Å². The second-order valence-electron chi connectivity index (χ2n) is 7.84. The summed E-state index contributed by atoms with van der Waals surface area (Å²) in [5, 5.41) is 10.6. The Labute approximate surface area is 158 Å². The van der Waals surface area contributed by atoms with Crippen molar-refractivity contribution >= 4 is 23.3 Å². The summed E-state index contributed by atoms with van der Waals surface area (Å²) in [5.74, 6) is -0.0782. The van der Waals surface area contributed by atoms with Gasteiger partial charge in [0.25, 0.3) is 0 Å². The van der Waals surface area contributed by atoms with Crippen LogP contribution in [0.4, 0.5) is 5.69 Å². The van der Waals surface area contributed by atoms with E-state index in [0.29, 0.717) is 30.3 Å². The molecule has 2 heterocycles. The van der Waals surface area contributed by atoms with E-state index in [4.69, 9.17) is 21.6 Å². The van der Waals surface area contributed by atoms with E-state index >= 15 is 0 Å². The molecule has 0 radical (unpaired) electrons. The number of anilines is 1. The van der Waals surface area contributed by atoms with E-state index in [-0.39, 0.29) is 41.9 Å². The van der Waals surface area contributed by atoms with Crippen molar-refractivity contribution in [3.8, 4) is 5.75 Å². The highest BCUT2D eigenvalue weighted by molar-refractivity contribution is 6.07. The van der Waals surface area contributed by atoms with E-state index in [1.807, 2.05) is 13.8 Å². The fraction of sp³-hybridized carbons (Fsp3) is 0.526. The van der Waals surface area contributed by atoms with Crippen LogP contribution in [-0.4, -0.2) is 47.8 Å². The van der Waals surface area contributed by atoms with Gasteiger partial charge in [-0.15, -0.1) is 0 Å². The number of carbonyl (C=O) groups excluding carboxylic acids is 2. The Hall–Kier alpha value is -2.77. The maximum atomic E-state index is 13.1. The third-order valence-electron chi connectivity index (χ3n) is 5.43. The van der Waals surface area contributed by atoms with Gasteiger partial charge in [-0.1, -0.05) is 13.0 Å². The van der Waals surface area contributed by atoms with E-state index in [9.17, 15) is 9.59 Å². The number of nitrogens with one attached hydrogen (secondary N) is 2. The lowest BCUT2D eigenvalue weighted by molar-refractivity contribution is -0.149. The number of fused-ring (bicyclic) bond motifs is 1. The van der Waals surface area contributed by atoms with Crippen LogP contribution in [-0.2, 0) is 9.59 Å². The van der Waals surface area contributed by atoms with Gasteiger partial charge >= 0.3 is 0 Å². The van der Waals surface area contributed by atoms with Gasteiger partial charge in [0.1, 0.15) is 18.2 Å². The van der Waals surface area contributed by atoms with Crippen LogP contribution < -0.4 is 21.5 Å². The molecule has 27 heavy (non-hydrogen) atoms. The van der Waals surface area contributed by atoms with Crippen LogP contribution >= 0.6 is 0 Å². The Balaban J connectivity index is 1.90. The quantitative estimate of drug-likeness (QED) is 0.252. The van der Waals surface area contributed by atoms with E-state index in [0.717, 1.165) is 0 Å². The van der Waals surface area contributed by atoms with Crippen molar-refractivity contribution in [2.75, 3.05) is 18.9 Å². The zero-order valence-electron chi connectivity index (χ0n) is 15.9. The van der Waals surface area contributed by atoms with Crippen molar-refractivity contribution in [1.82, 2.24) is 10.2 Å². The molecule has 6 N–H and O–H groups in total. The second kappa shape index (κ2) is 6.75. The molecule has 146 valence electrons. The number of rotatable bonds is 6. The molecule has 0 aliphatic carbocycles. The minimum absolute atomic E-state index is 0.0622. The van der Waals surface area contributed by atoms with Gasteiger partial charge in [0.2, 0.25) is 11.8 Å². The lowest BCUT2D eigenvalue weighted by Gasteiger charge is -2.41. The molecule has 0 bridgehead atoms. The fourth-order valence-electron chi connectivity index (χ4n) is 3.93. The summed E-state index contributed by atoms with van der Waals surface area (Å²) in [4.78, 5) is 27.8. The number of carbonyl (C=O) groups is 2. The molecule has 2 amide bonds. The molecule has 8 heteroatoms. The molecule has 2 fully saturated rings. The van der Waals surface area contributed by atoms with Gasteiger partial charge in [-0.2, -0.15) is 0 Å². The van der Waals surface area contributed by atoms with Crippen molar-refractivity contribution in [3.05, 3.63) is 23.8 Å². The van der Waals surface area contributed by atoms with E-state index < -0.39 is 5.41 Å². The minimum atomic E-state index is -1.28. The normalized spacial score (nSPS) is 26.5. The molecule has 1 aromatic carbocycles. The highest BCUT2D eigenvalue weighted by Gasteiger charge is 2.62. The molecular weight excluding hydrogens is 346 g/mol. The molecule has 3 atom stereocenters. The molecule has 1 aromatic rings. The molecule has 2 saturated heterocycles. The summed E-state index contributed by atoms with van der Waals surface area (Å²) >= 11 is 0. The third kappa shape index (κ3) is 3.09. The summed E-state index contributed by atoms with van der Waals surface area (Å²) in [6.45, 7) is 6.34. The van der Waals surface area contributed by atoms with E-state index in [1.165, 1.54) is 0 Å². The monoisotopic (exact) mass is 373 g/mol. The van der Waals surface area contributed by atoms with Crippen molar-refractivity contribution in [2.24, 2.45) is 17.1 Å². The van der Waals surface area contributed by atoms with Crippen molar-refractivity contribution in [2.45, 2.75) is 39.3 Å². The van der Waals surface area contributed by atoms with Crippen molar-refractivity contribution in [3.63, 3.8) is 0 Å². The molecule has 8 nitrogen and oxygen atoms in total. The highest BCUT2D eigenvalue weighted by atomic mass is 16.5. The number of hydrogen-bond acceptors (Lipinski definition) is 5. The lowest BCUT2D eigenvalue weighted by Crippen LogP contribution is -2.55. The lowest BCUT2D eigenvalue weighted by atomic mass is 9.81. The second-order valence-corrected chi connectivity index (χ2v) is 7.84. The number of nitrogens with zero attached hydrogens (tertiary/aromatic N) is 1. The summed E-state index contributed by atoms with van der Waals surface area (Å²) < 4.78 is 5.89. The first-order valence-corrected chi connectivity index (χ1v) is 9.15. The van der Waals surface area contributed by atoms with Crippen molar-refractivity contribution in [1.29, 1.82) is 5.41 Å². The minimum Gasteiger partial charge on any atom is -0.491 e. The van der Waals surface area contributed by atoms with Gasteiger partial charge in [0, 0.05) is 24.3 Å². The van der Waals surface area contributed by atoms with Crippen LogP contribution in [0.25, 0.3) is 0 Å². The first-order valence-electron chi connectivity index (χ1n) is 9.15. The van der Waals surface area contributed by atoms with Gasteiger partial charge < -0.3 is 26.4 Å². The molecule has 2 aliphatic heterocycles. The third-order valence-corrected chi connectivity index (χ3v) is 5.43. The average Bonchev–Trinajstić information content (AvgIpc) is 2.81. The smallest absolute Gasteiger partial charge is 0.242 e. The number of ether oxygens (including phenoxy) is 1. The fourth-order valence-corrected chi connectivity index (χ4v) is 3.93. The zero-order valence-corrected chi connectivity index (χ0v) is 15.9. The maximum Gasteiger partial charge on any atom is 0.242 e. The van der Waals surface area contributed by atoms with Crippen molar-refractivity contribution < 1.29 is 14.3 Å². The molecule has 0 saturated carbocycles. The first kappa shape index (κ1) is 19.0. The number of benzene rings is 1. The Bertz CT molecular complexity index is 794. The summed E-state index contributed by atoms with van der Waals surface area (Å²) in [6, 6.07) is 4.92. The largest absolute Gasteiger partial charge is 0.491 e. The Morgan fingerprint density at radius 2 is 2.19 bits per heavy atom. The average molecular weight is 373 g/mol. The Morgan fingerprint density at radius 1 is 1.48 bits per heavy atom. The SMILES string of the molecule is CC(C)NC(=O)C1(COc2cccc(N)c2C(=N)N)CC2C(C)CN2C1=O. The first-order chi connectivity index (χ1) is 12.7. The van der Waals surface area contributed by atoms with Gasteiger partial charge in [-0.3, -0.25) is 15.0 Å². The van der Waals surface area contributed by atoms with Crippen LogP contribution in [0.2, 0.25) is 0 Å². The van der Waals surface area contributed by atoms with Crippen LogP contribution in [0.5, 0.6) is 5.75 Å². The summed E-state index contributed by atoms with van der Waals surface area (Å²) in [6.07, 6.45) is 0.420. The number of amidine groups is 1. The van der Waals surface area contributed by atoms with Gasteiger partial charge in [0.05, 0.1) is 5.56 Å². The van der Waals surface area contributed by atoms with E-state index in [1.54, 1.807) is 23.1 Å². The van der Waals surface area contributed by atoms with Crippen LogP contribution in [0.15, 0.2) is 18.2 Å². The van der Waals surface area contributed by atoms with Crippen LogP contribution in [0.3, 0.4) is 0 Å². The number of nitrogens with two attached hydrogens (primary N) is 2. The molecule has 3 unspecified atom stereocenters. The van der Waals surface area contributed by atoms with Crippen LogP contribution in [0.1, 0.15) is 32.8 Å². The predicted octanol–water partition coefficient (Wildman–Crippen LogP) is 0.693. The predicted molar refractivity (Wildman–Crippen MR) is 102 cm³/mol. The number of amides is 2. The molecule has 3 rings (SSSR count). The summed E-state index contributed by atoms with van der Waals surface area (Å²) in [7, 11) is 0. The summed E-state index contributed by atoms with van der Waals surface area (Å²) in [5.41, 5.74) is 10.8. The molecule has 2 aliphatic rings. The van der Waals surface area contributed by atoms with E-state index in [2.05, 4.69) is 12.2 Å².